The van der Waals surface area contributed by atoms with Crippen molar-refractivity contribution in [2.24, 2.45) is 21.9 Å². The predicted octanol–water partition coefficient (Wildman–Crippen LogP) is 2.28. The molecule has 0 unspecified atom stereocenters. The number of fused-ring (bicyclic) bond motifs is 1. The largest absolute Gasteiger partial charge is 0.398 e. The van der Waals surface area contributed by atoms with Crippen molar-refractivity contribution in [3.05, 3.63) is 47.2 Å². The lowest BCUT2D eigenvalue weighted by molar-refractivity contribution is 0.544. The maximum Gasteiger partial charge on any atom is 0.135 e. The molecule has 3 rings (SSSR count). The van der Waals surface area contributed by atoms with Crippen LogP contribution in [0.15, 0.2) is 41.0 Å². The molecule has 0 saturated heterocycles. The summed E-state index contributed by atoms with van der Waals surface area (Å²) in [6.45, 7) is 3.12. The van der Waals surface area contributed by atoms with Crippen molar-refractivity contribution >= 4 is 29.1 Å². The van der Waals surface area contributed by atoms with Crippen molar-refractivity contribution in [2.45, 2.75) is 19.8 Å². The summed E-state index contributed by atoms with van der Waals surface area (Å²) < 4.78 is 0. The van der Waals surface area contributed by atoms with Crippen LogP contribution in [-0.4, -0.2) is 24.3 Å². The molecule has 1 fully saturated rings. The lowest BCUT2D eigenvalue weighted by atomic mass is 9.95. The van der Waals surface area contributed by atoms with Gasteiger partial charge in [-0.05, 0) is 42.0 Å². The first-order chi connectivity index (χ1) is 11.4. The number of allylic oxidation sites excluding steroid dienone is 1. The van der Waals surface area contributed by atoms with E-state index in [0.29, 0.717) is 33.9 Å². The molecule has 0 radical (unpaired) electrons. The average Bonchev–Trinajstić information content (AvgIpc) is 3.28. The molecule has 1 heterocycles. The van der Waals surface area contributed by atoms with E-state index in [2.05, 4.69) is 17.2 Å². The van der Waals surface area contributed by atoms with Gasteiger partial charge in [-0.25, -0.2) is 4.99 Å². The van der Waals surface area contributed by atoms with Crippen LogP contribution >= 0.6 is 0 Å². The van der Waals surface area contributed by atoms with E-state index in [1.165, 1.54) is 18.9 Å². The Morgan fingerprint density at radius 1 is 1.42 bits per heavy atom. The minimum absolute atomic E-state index is 0.327. The van der Waals surface area contributed by atoms with Crippen LogP contribution in [0.1, 0.15) is 30.9 Å². The van der Waals surface area contributed by atoms with E-state index in [4.69, 9.17) is 22.3 Å². The zero-order chi connectivity index (χ0) is 17.3. The Hall–Kier alpha value is -2.89. The number of rotatable bonds is 5. The van der Waals surface area contributed by atoms with Gasteiger partial charge in [0.15, 0.2) is 0 Å². The highest BCUT2D eigenvalue weighted by molar-refractivity contribution is 6.32. The van der Waals surface area contributed by atoms with E-state index in [1.54, 1.807) is 12.3 Å². The molecule has 0 aromatic heterocycles. The third-order valence-corrected chi connectivity index (χ3v) is 4.53. The quantitative estimate of drug-likeness (QED) is 0.534. The molecule has 0 amide bonds. The van der Waals surface area contributed by atoms with E-state index in [-0.39, 0.29) is 0 Å². The second-order valence-corrected chi connectivity index (χ2v) is 6.64. The van der Waals surface area contributed by atoms with Crippen molar-refractivity contribution in [3.8, 4) is 0 Å². The molecule has 2 aliphatic rings. The van der Waals surface area contributed by atoms with Gasteiger partial charge in [-0.2, -0.15) is 0 Å². The predicted molar refractivity (Wildman–Crippen MR) is 98.9 cm³/mol. The number of amidine groups is 1. The number of hydrogen-bond donors (Lipinski definition) is 5. The molecule has 1 aliphatic carbocycles. The van der Waals surface area contributed by atoms with Crippen LogP contribution in [0.4, 0.5) is 5.69 Å². The third-order valence-electron chi connectivity index (χ3n) is 4.53. The molecule has 1 aromatic carbocycles. The lowest BCUT2D eigenvalue weighted by Crippen LogP contribution is -2.28. The summed E-state index contributed by atoms with van der Waals surface area (Å²) in [6, 6.07) is 5.45. The van der Waals surface area contributed by atoms with Crippen LogP contribution in [0, 0.1) is 16.2 Å². The van der Waals surface area contributed by atoms with Gasteiger partial charge in [0.2, 0.25) is 0 Å². The van der Waals surface area contributed by atoms with Gasteiger partial charge in [0, 0.05) is 30.2 Å². The summed E-state index contributed by atoms with van der Waals surface area (Å²) in [5, 5.41) is 18.8. The number of aliphatic imine (C=N–C) groups is 1. The highest BCUT2D eigenvalue weighted by atomic mass is 14.9. The number of nitrogens with one attached hydrogen (secondary N) is 3. The second kappa shape index (κ2) is 5.96. The molecule has 1 aliphatic heterocycles. The normalized spacial score (nSPS) is 20.4. The van der Waals surface area contributed by atoms with E-state index in [9.17, 15) is 0 Å². The Morgan fingerprint density at radius 3 is 2.83 bits per heavy atom. The topological polar surface area (TPSA) is 124 Å². The monoisotopic (exact) mass is 322 g/mol. The molecule has 124 valence electrons. The SMILES string of the molecule is CC1(CN/C=C2\C(=N)c3ccc(/C(N)=C/C=N)cc3N=C2N)CC1. The van der Waals surface area contributed by atoms with Gasteiger partial charge < -0.3 is 22.2 Å². The van der Waals surface area contributed by atoms with Crippen molar-refractivity contribution in [2.75, 3.05) is 6.54 Å². The Bertz CT molecular complexity index is 796. The maximum absolute atomic E-state index is 8.42. The van der Waals surface area contributed by atoms with Crippen LogP contribution in [0.25, 0.3) is 5.70 Å². The van der Waals surface area contributed by atoms with Crippen LogP contribution in [0.3, 0.4) is 0 Å². The highest BCUT2D eigenvalue weighted by Gasteiger charge is 2.36. The molecule has 6 nitrogen and oxygen atoms in total. The van der Waals surface area contributed by atoms with Gasteiger partial charge in [0.1, 0.15) is 5.84 Å². The standard InChI is InChI=1S/C18H22N6/c1-18(5-6-18)10-23-9-13-16(21)12-3-2-11(14(20)4-7-19)8-15(12)24-17(13)22/h2-4,7-9,19,21,23H,5-6,10,20H2,1H3,(H2,22,24)/b13-9+,14-4-,19-7?,21-16?. The first-order valence-corrected chi connectivity index (χ1v) is 7.91. The number of benzene rings is 1. The zero-order valence-electron chi connectivity index (χ0n) is 13.7. The number of nitrogens with zero attached hydrogens (tertiary/aromatic N) is 1. The van der Waals surface area contributed by atoms with Crippen molar-refractivity contribution in [3.63, 3.8) is 0 Å². The summed E-state index contributed by atoms with van der Waals surface area (Å²) in [4.78, 5) is 4.42. The van der Waals surface area contributed by atoms with E-state index < -0.39 is 0 Å². The average molecular weight is 322 g/mol. The van der Waals surface area contributed by atoms with E-state index >= 15 is 0 Å². The van der Waals surface area contributed by atoms with Gasteiger partial charge in [-0.3, -0.25) is 5.41 Å². The van der Waals surface area contributed by atoms with Gasteiger partial charge in [-0.15, -0.1) is 0 Å². The fourth-order valence-corrected chi connectivity index (χ4v) is 2.60. The van der Waals surface area contributed by atoms with Crippen LogP contribution in [-0.2, 0) is 0 Å². The summed E-state index contributed by atoms with van der Waals surface area (Å²) >= 11 is 0. The molecule has 7 N–H and O–H groups in total. The molecule has 0 atom stereocenters. The maximum atomic E-state index is 8.42. The molecular formula is C18H22N6. The van der Waals surface area contributed by atoms with Crippen molar-refractivity contribution in [1.82, 2.24) is 5.32 Å². The first kappa shape index (κ1) is 16.0. The molecule has 1 saturated carbocycles. The smallest absolute Gasteiger partial charge is 0.135 e. The lowest BCUT2D eigenvalue weighted by Gasteiger charge is -2.19. The Labute approximate surface area is 141 Å². The minimum atomic E-state index is 0.327. The van der Waals surface area contributed by atoms with Crippen molar-refractivity contribution < 1.29 is 0 Å². The number of hydrogen-bond acceptors (Lipinski definition) is 6. The fraction of sp³-hybridized carbons (Fsp3) is 0.278. The zero-order valence-corrected chi connectivity index (χ0v) is 13.7. The molecule has 6 heteroatoms. The van der Waals surface area contributed by atoms with Crippen LogP contribution in [0.2, 0.25) is 0 Å². The van der Waals surface area contributed by atoms with E-state index in [1.807, 2.05) is 12.1 Å². The minimum Gasteiger partial charge on any atom is -0.398 e. The molecule has 0 spiro atoms. The highest BCUT2D eigenvalue weighted by Crippen LogP contribution is 2.44. The Balaban J connectivity index is 1.87. The second-order valence-electron chi connectivity index (χ2n) is 6.64. The van der Waals surface area contributed by atoms with E-state index in [0.717, 1.165) is 23.9 Å². The van der Waals surface area contributed by atoms with Gasteiger partial charge >= 0.3 is 0 Å². The number of nitrogens with two attached hydrogens (primary N) is 2. The Morgan fingerprint density at radius 2 is 2.17 bits per heavy atom. The van der Waals surface area contributed by atoms with Gasteiger partial charge in [0.05, 0.1) is 17.0 Å². The van der Waals surface area contributed by atoms with Gasteiger partial charge in [0.25, 0.3) is 0 Å². The van der Waals surface area contributed by atoms with Crippen LogP contribution in [0.5, 0.6) is 0 Å². The first-order valence-electron chi connectivity index (χ1n) is 7.91. The van der Waals surface area contributed by atoms with Crippen LogP contribution < -0.4 is 16.8 Å². The molecule has 24 heavy (non-hydrogen) atoms. The fourth-order valence-electron chi connectivity index (χ4n) is 2.60. The molecule has 0 bridgehead atoms. The molecule has 1 aromatic rings. The Kier molecular flexibility index (Phi) is 3.97. The summed E-state index contributed by atoms with van der Waals surface area (Å²) in [6.07, 6.45) is 6.92. The third kappa shape index (κ3) is 3.08. The van der Waals surface area contributed by atoms with Gasteiger partial charge in [-0.1, -0.05) is 13.0 Å². The summed E-state index contributed by atoms with van der Waals surface area (Å²) in [7, 11) is 0. The molecular weight excluding hydrogens is 300 g/mol. The van der Waals surface area contributed by atoms with Crippen molar-refractivity contribution in [1.29, 1.82) is 10.8 Å². The summed E-state index contributed by atoms with van der Waals surface area (Å²) in [5.41, 5.74) is 15.9. The summed E-state index contributed by atoms with van der Waals surface area (Å²) in [5.74, 6) is 0.327.